The molecule has 2 fully saturated rings. The topological polar surface area (TPSA) is 62.2 Å². The summed E-state index contributed by atoms with van der Waals surface area (Å²) in [5.41, 5.74) is 4.07. The van der Waals surface area contributed by atoms with Crippen molar-refractivity contribution in [3.05, 3.63) is 83.9 Å². The van der Waals surface area contributed by atoms with Crippen LogP contribution in [0.25, 0.3) is 0 Å². The van der Waals surface area contributed by atoms with E-state index >= 15 is 0 Å². The van der Waals surface area contributed by atoms with Gasteiger partial charge < -0.3 is 20.1 Å². The van der Waals surface area contributed by atoms with E-state index in [2.05, 4.69) is 43.5 Å². The summed E-state index contributed by atoms with van der Waals surface area (Å²) in [5.74, 6) is -0.0121. The van der Waals surface area contributed by atoms with Gasteiger partial charge in [-0.05, 0) is 67.4 Å². The van der Waals surface area contributed by atoms with Gasteiger partial charge in [0.1, 0.15) is 0 Å². The van der Waals surface area contributed by atoms with Crippen LogP contribution in [-0.4, -0.2) is 32.0 Å². The number of amides is 1. The van der Waals surface area contributed by atoms with Crippen molar-refractivity contribution in [2.75, 3.05) is 11.9 Å². The van der Waals surface area contributed by atoms with E-state index in [1.807, 2.05) is 55.6 Å². The highest BCUT2D eigenvalue weighted by molar-refractivity contribution is 7.80. The Morgan fingerprint density at radius 2 is 1.91 bits per heavy atom. The smallest absolute Gasteiger partial charge is 0.226 e. The Labute approximate surface area is 212 Å². The Morgan fingerprint density at radius 1 is 1.11 bits per heavy atom. The largest absolute Gasteiger partial charge is 0.352 e. The molecule has 1 saturated heterocycles. The van der Waals surface area contributed by atoms with Gasteiger partial charge in [-0.25, -0.2) is 0 Å². The normalized spacial score (nSPS) is 20.6. The Morgan fingerprint density at radius 3 is 2.69 bits per heavy atom. The first kappa shape index (κ1) is 23.5. The van der Waals surface area contributed by atoms with E-state index in [4.69, 9.17) is 12.2 Å². The van der Waals surface area contributed by atoms with Gasteiger partial charge in [-0.2, -0.15) is 0 Å². The molecule has 182 valence electrons. The second-order valence-electron chi connectivity index (χ2n) is 9.62. The molecular weight excluding hydrogens is 454 g/mol. The minimum atomic E-state index is -0.0645. The predicted molar refractivity (Wildman–Crippen MR) is 143 cm³/mol. The Hall–Kier alpha value is -3.19. The zero-order valence-corrected chi connectivity index (χ0v) is 21.0. The van der Waals surface area contributed by atoms with Crippen molar-refractivity contribution >= 4 is 28.9 Å². The van der Waals surface area contributed by atoms with Crippen LogP contribution in [0.3, 0.4) is 0 Å². The van der Waals surface area contributed by atoms with Crippen LogP contribution in [0.15, 0.2) is 67.1 Å². The number of carbonyl (C=O) groups is 1. The molecule has 35 heavy (non-hydrogen) atoms. The molecule has 7 heteroatoms. The van der Waals surface area contributed by atoms with Crippen LogP contribution in [0, 0.1) is 6.92 Å². The lowest BCUT2D eigenvalue weighted by Gasteiger charge is -2.27. The third-order valence-corrected chi connectivity index (χ3v) is 7.62. The molecule has 1 saturated carbocycles. The third kappa shape index (κ3) is 5.25. The van der Waals surface area contributed by atoms with Gasteiger partial charge in [0.2, 0.25) is 5.91 Å². The second-order valence-corrected chi connectivity index (χ2v) is 10.0. The number of nitrogens with zero attached hydrogens (tertiary/aromatic N) is 3. The third-order valence-electron chi connectivity index (χ3n) is 7.27. The van der Waals surface area contributed by atoms with Gasteiger partial charge in [-0.1, -0.05) is 43.5 Å². The SMILES string of the molecule is Cc1ccccc1NC(=O)CCN1C(=S)N[C@@H](c2ccccn2)[C@@H]1c1ccn(C2CCCCC2)c1. The first-order valence-corrected chi connectivity index (χ1v) is 13.0. The van der Waals surface area contributed by atoms with Gasteiger partial charge in [-0.15, -0.1) is 0 Å². The number of anilines is 1. The molecule has 0 unspecified atom stereocenters. The number of rotatable bonds is 7. The Kier molecular flexibility index (Phi) is 7.13. The summed E-state index contributed by atoms with van der Waals surface area (Å²) in [5, 5.41) is 7.21. The minimum absolute atomic E-state index is 0.0121. The zero-order chi connectivity index (χ0) is 24.2. The first-order chi connectivity index (χ1) is 17.1. The molecular formula is C28H33N5OS. The van der Waals surface area contributed by atoms with Crippen LogP contribution in [0.1, 0.15) is 73.5 Å². The van der Waals surface area contributed by atoms with E-state index in [0.717, 1.165) is 16.9 Å². The molecule has 1 aliphatic heterocycles. The zero-order valence-electron chi connectivity index (χ0n) is 20.2. The number of hydrogen-bond acceptors (Lipinski definition) is 3. The van der Waals surface area contributed by atoms with E-state index in [-0.39, 0.29) is 18.0 Å². The average Bonchev–Trinajstić information content (AvgIpc) is 3.50. The number of thiocarbonyl (C=S) groups is 1. The molecule has 3 aromatic rings. The summed E-state index contributed by atoms with van der Waals surface area (Å²) in [7, 11) is 0. The number of hydrogen-bond donors (Lipinski definition) is 2. The molecule has 0 bridgehead atoms. The van der Waals surface area contributed by atoms with E-state index in [1.165, 1.54) is 37.7 Å². The van der Waals surface area contributed by atoms with Crippen LogP contribution in [0.2, 0.25) is 0 Å². The van der Waals surface area contributed by atoms with E-state index in [0.29, 0.717) is 24.1 Å². The van der Waals surface area contributed by atoms with Gasteiger partial charge in [0.05, 0.1) is 17.8 Å². The number of pyridine rings is 1. The quantitative estimate of drug-likeness (QED) is 0.419. The molecule has 0 radical (unpaired) electrons. The van der Waals surface area contributed by atoms with E-state index < -0.39 is 0 Å². The van der Waals surface area contributed by atoms with Crippen molar-refractivity contribution in [1.29, 1.82) is 0 Å². The maximum Gasteiger partial charge on any atom is 0.226 e. The number of para-hydroxylation sites is 1. The molecule has 2 N–H and O–H groups in total. The monoisotopic (exact) mass is 487 g/mol. The van der Waals surface area contributed by atoms with Crippen molar-refractivity contribution in [2.24, 2.45) is 0 Å². The predicted octanol–water partition coefficient (Wildman–Crippen LogP) is 5.70. The van der Waals surface area contributed by atoms with Crippen LogP contribution >= 0.6 is 12.2 Å². The summed E-state index contributed by atoms with van der Waals surface area (Å²) < 4.78 is 2.38. The standard InChI is InChI=1S/C28H33N5OS/c1-20-9-5-6-12-23(20)30-25(34)15-18-33-27(26(31-28(33)35)24-13-7-8-16-29-24)21-14-17-32(19-21)22-10-3-2-4-11-22/h5-9,12-14,16-17,19,22,26-27H,2-4,10-11,15,18H2,1H3,(H,30,34)(H,31,35)/t26-,27-/m0/s1. The van der Waals surface area contributed by atoms with Gasteiger partial charge >= 0.3 is 0 Å². The van der Waals surface area contributed by atoms with Gasteiger partial charge in [0, 0.05) is 43.3 Å². The molecule has 3 heterocycles. The van der Waals surface area contributed by atoms with Gasteiger partial charge in [0.25, 0.3) is 0 Å². The van der Waals surface area contributed by atoms with E-state index in [9.17, 15) is 4.79 Å². The van der Waals surface area contributed by atoms with Crippen LogP contribution < -0.4 is 10.6 Å². The van der Waals surface area contributed by atoms with Crippen molar-refractivity contribution in [1.82, 2.24) is 19.8 Å². The van der Waals surface area contributed by atoms with Crippen LogP contribution in [0.4, 0.5) is 5.69 Å². The fourth-order valence-electron chi connectivity index (χ4n) is 5.37. The summed E-state index contributed by atoms with van der Waals surface area (Å²) >= 11 is 5.78. The summed E-state index contributed by atoms with van der Waals surface area (Å²) in [6, 6.07) is 16.5. The Bertz CT molecular complexity index is 1170. The molecule has 2 atom stereocenters. The average molecular weight is 488 g/mol. The van der Waals surface area contributed by atoms with Crippen molar-refractivity contribution in [3.63, 3.8) is 0 Å². The van der Waals surface area contributed by atoms with Gasteiger partial charge in [0.15, 0.2) is 5.11 Å². The Balaban J connectivity index is 1.36. The molecule has 0 spiro atoms. The minimum Gasteiger partial charge on any atom is -0.352 e. The maximum atomic E-state index is 12.8. The molecule has 1 amide bonds. The summed E-state index contributed by atoms with van der Waals surface area (Å²) in [6.07, 6.45) is 13.1. The first-order valence-electron chi connectivity index (χ1n) is 12.6. The molecule has 2 aromatic heterocycles. The number of aryl methyl sites for hydroxylation is 1. The molecule has 5 rings (SSSR count). The summed E-state index contributed by atoms with van der Waals surface area (Å²) in [4.78, 5) is 19.6. The van der Waals surface area contributed by atoms with Crippen molar-refractivity contribution < 1.29 is 4.79 Å². The number of carbonyl (C=O) groups excluding carboxylic acids is 1. The number of aromatic nitrogens is 2. The van der Waals surface area contributed by atoms with Crippen LogP contribution in [0.5, 0.6) is 0 Å². The summed E-state index contributed by atoms with van der Waals surface area (Å²) in [6.45, 7) is 2.53. The van der Waals surface area contributed by atoms with Crippen molar-refractivity contribution in [2.45, 2.75) is 63.6 Å². The molecule has 1 aliphatic carbocycles. The number of nitrogens with one attached hydrogen (secondary N) is 2. The number of benzene rings is 1. The van der Waals surface area contributed by atoms with E-state index in [1.54, 1.807) is 0 Å². The second kappa shape index (κ2) is 10.6. The molecule has 2 aliphatic rings. The lowest BCUT2D eigenvalue weighted by Crippen LogP contribution is -2.32. The molecule has 1 aromatic carbocycles. The molecule has 6 nitrogen and oxygen atoms in total. The lowest BCUT2D eigenvalue weighted by molar-refractivity contribution is -0.116. The fourth-order valence-corrected chi connectivity index (χ4v) is 5.70. The lowest BCUT2D eigenvalue weighted by atomic mass is 9.95. The maximum absolute atomic E-state index is 12.8. The highest BCUT2D eigenvalue weighted by Gasteiger charge is 2.40. The highest BCUT2D eigenvalue weighted by atomic mass is 32.1. The van der Waals surface area contributed by atoms with Gasteiger partial charge in [-0.3, -0.25) is 9.78 Å². The highest BCUT2D eigenvalue weighted by Crippen LogP contribution is 2.39. The van der Waals surface area contributed by atoms with Crippen molar-refractivity contribution in [3.8, 4) is 0 Å². The fraction of sp³-hybridized carbons (Fsp3) is 0.393. The van der Waals surface area contributed by atoms with Crippen LogP contribution in [-0.2, 0) is 4.79 Å².